The van der Waals surface area contributed by atoms with Crippen molar-refractivity contribution in [3.8, 4) is 22.7 Å². The summed E-state index contributed by atoms with van der Waals surface area (Å²) in [4.78, 5) is 0. The number of para-hydroxylation sites is 8. The van der Waals surface area contributed by atoms with Crippen LogP contribution in [0.1, 0.15) is 0 Å². The van der Waals surface area contributed by atoms with Gasteiger partial charge in [0.2, 0.25) is 0 Å². The topological polar surface area (TPSA) is 19.7 Å². The van der Waals surface area contributed by atoms with Gasteiger partial charge in [0.25, 0.3) is 0 Å². The molecule has 0 saturated heterocycles. The first kappa shape index (κ1) is 55.6. The van der Waals surface area contributed by atoms with Crippen LogP contribution < -0.4 is 20.7 Å². The molecule has 0 radical (unpaired) electrons. The molecule has 0 N–H and O–H groups in total. The van der Waals surface area contributed by atoms with Crippen molar-refractivity contribution in [3.63, 3.8) is 0 Å². The molecule has 0 amide bonds. The van der Waals surface area contributed by atoms with Crippen LogP contribution in [-0.4, -0.2) is 26.3 Å². The lowest BCUT2D eigenvalue weighted by atomic mass is 10.1. The Balaban J connectivity index is 0.000000142. The predicted octanol–water partition coefficient (Wildman–Crippen LogP) is 21.9. The van der Waals surface area contributed by atoms with Gasteiger partial charge in [0.15, 0.2) is 8.07 Å². The van der Waals surface area contributed by atoms with E-state index in [2.05, 4.69) is 370 Å². The summed E-state index contributed by atoms with van der Waals surface area (Å²) in [6, 6.07) is 130. The molecule has 21 aromatic rings. The summed E-state index contributed by atoms with van der Waals surface area (Å²) in [5, 5.41) is 20.9. The maximum absolute atomic E-state index is 2.95. The molecule has 6 heterocycles. The van der Waals surface area contributed by atoms with Gasteiger partial charge in [-0.3, -0.25) is 0 Å². The van der Waals surface area contributed by atoms with E-state index >= 15 is 0 Å². The fourth-order valence-electron chi connectivity index (χ4n) is 16.3. The fraction of sp³-hybridized carbons (Fsp3) is 0. The number of rotatable bonds is 8. The highest BCUT2D eigenvalue weighted by Crippen LogP contribution is 2.43. The van der Waals surface area contributed by atoms with Crippen LogP contribution in [0.2, 0.25) is 0 Å². The van der Waals surface area contributed by atoms with Crippen molar-refractivity contribution in [2.24, 2.45) is 0 Å². The Labute approximate surface area is 567 Å². The normalized spacial score (nSPS) is 12.1. The number of hydrogen-bond acceptors (Lipinski definition) is 2. The van der Waals surface area contributed by atoms with Crippen molar-refractivity contribution in [3.05, 3.63) is 352 Å². The molecule has 97 heavy (non-hydrogen) atoms. The summed E-state index contributed by atoms with van der Waals surface area (Å²) < 4.78 is 15.0. The minimum absolute atomic E-state index is 1.17. The first-order chi connectivity index (χ1) is 48.1. The van der Waals surface area contributed by atoms with Gasteiger partial charge in [0.1, 0.15) is 0 Å². The molecule has 21 rings (SSSR count). The van der Waals surface area contributed by atoms with Gasteiger partial charge in [-0.05, 0) is 136 Å². The largest absolute Gasteiger partial charge is 0.309 e. The summed E-state index contributed by atoms with van der Waals surface area (Å²) in [6.07, 6.45) is 0. The van der Waals surface area contributed by atoms with Crippen LogP contribution in [0.15, 0.2) is 352 Å². The van der Waals surface area contributed by atoms with Crippen molar-refractivity contribution < 1.29 is 0 Å². The molecule has 0 aliphatic heterocycles. The van der Waals surface area contributed by atoms with Crippen LogP contribution in [0.3, 0.4) is 0 Å². The van der Waals surface area contributed by atoms with Crippen molar-refractivity contribution >= 4 is 179 Å². The molecular weight excluding hydrogens is 1230 g/mol. The molecule has 0 spiro atoms. The standard InChI is InChI=1S/C54H36N2SSi.C36H22N2S/c1-4-18-39(19-5-1)58(40-20-6-2-7-21-40,41-22-8-3-9-23-41)53-36-38(56-50-30-16-12-26-44(50)45-27-13-17-31-51(45)56)35-47-46-34-37(32-33-52(46)57-54(47)53)55-48-28-14-10-24-42(48)43-25-11-15-29-49(43)55;1-5-13-31-25(9-1)26-10-2-6-14-32(26)37(31)23-17-19-35-29(21-23)30-22-24(18-20-36(30)39-35)38-33-15-7-3-11-27(33)28-12-4-8-16-34(28)38/h1-36H;1-22H. The minimum atomic E-state index is -2.95. The van der Waals surface area contributed by atoms with Gasteiger partial charge < -0.3 is 18.3 Å². The van der Waals surface area contributed by atoms with Gasteiger partial charge in [-0.15, -0.1) is 22.7 Å². The van der Waals surface area contributed by atoms with E-state index in [0.717, 1.165) is 0 Å². The van der Waals surface area contributed by atoms with Gasteiger partial charge in [-0.2, -0.15) is 0 Å². The van der Waals surface area contributed by atoms with E-state index in [1.807, 2.05) is 22.7 Å². The van der Waals surface area contributed by atoms with Gasteiger partial charge in [0, 0.05) is 106 Å². The Bertz CT molecular complexity index is 6230. The Morgan fingerprint density at radius 3 is 0.722 bits per heavy atom. The predicted molar refractivity (Wildman–Crippen MR) is 420 cm³/mol. The monoisotopic (exact) mass is 1290 g/mol. The van der Waals surface area contributed by atoms with Crippen LogP contribution >= 0.6 is 22.7 Å². The molecule has 7 heteroatoms. The van der Waals surface area contributed by atoms with Crippen molar-refractivity contribution in [2.75, 3.05) is 0 Å². The molecule has 0 fully saturated rings. The highest BCUT2D eigenvalue weighted by Gasteiger charge is 2.43. The van der Waals surface area contributed by atoms with Crippen LogP contribution in [0.5, 0.6) is 0 Å². The van der Waals surface area contributed by atoms with E-state index in [1.165, 1.54) is 171 Å². The third-order valence-corrected chi connectivity index (χ3v) is 27.7. The van der Waals surface area contributed by atoms with Crippen molar-refractivity contribution in [1.29, 1.82) is 0 Å². The number of benzene rings is 15. The average Bonchev–Trinajstić information content (AvgIpc) is 1.47. The maximum Gasteiger partial charge on any atom is 0.181 e. The zero-order chi connectivity index (χ0) is 63.7. The fourth-order valence-corrected chi connectivity index (χ4v) is 23.9. The lowest BCUT2D eigenvalue weighted by Gasteiger charge is -2.35. The van der Waals surface area contributed by atoms with Crippen molar-refractivity contribution in [2.45, 2.75) is 0 Å². The first-order valence-electron chi connectivity index (χ1n) is 33.2. The SMILES string of the molecule is c1ccc([Si](c2ccccc2)(c2ccccc2)c2cc(-n3c4ccccc4c4ccccc43)cc3c2sc2ccc(-n4c5ccccc5c5ccccc54)cc23)cc1.c1ccc2c(c1)c1ccccc1n2-c1ccc2sc3ccc(-n4c5ccccc5c5ccccc54)cc3c2c1. The number of hydrogen-bond donors (Lipinski definition) is 0. The molecule has 0 aliphatic rings. The van der Waals surface area contributed by atoms with Crippen LogP contribution in [0.25, 0.3) is 150 Å². The van der Waals surface area contributed by atoms with Gasteiger partial charge >= 0.3 is 0 Å². The average molecular weight is 1290 g/mol. The van der Waals surface area contributed by atoms with E-state index in [0.29, 0.717) is 0 Å². The molecule has 0 aliphatic carbocycles. The van der Waals surface area contributed by atoms with Crippen LogP contribution in [0, 0.1) is 0 Å². The molecule has 454 valence electrons. The van der Waals surface area contributed by atoms with Crippen molar-refractivity contribution in [1.82, 2.24) is 18.3 Å². The van der Waals surface area contributed by atoms with Crippen LogP contribution in [-0.2, 0) is 0 Å². The molecule has 6 aromatic heterocycles. The third kappa shape index (κ3) is 8.46. The second-order valence-corrected chi connectivity index (χ2v) is 31.3. The van der Waals surface area contributed by atoms with Gasteiger partial charge in [-0.25, -0.2) is 0 Å². The first-order valence-corrected chi connectivity index (χ1v) is 36.9. The number of aromatic nitrogens is 4. The van der Waals surface area contributed by atoms with Crippen LogP contribution in [0.4, 0.5) is 0 Å². The second-order valence-electron chi connectivity index (χ2n) is 25.4. The Morgan fingerprint density at radius 2 is 0.423 bits per heavy atom. The zero-order valence-electron chi connectivity index (χ0n) is 52.6. The van der Waals surface area contributed by atoms with E-state index in [1.54, 1.807) is 0 Å². The molecular formula is C90H58N4S2Si. The summed E-state index contributed by atoms with van der Waals surface area (Å²) >= 11 is 3.81. The Hall–Kier alpha value is -11.8. The molecule has 0 saturated carbocycles. The minimum Gasteiger partial charge on any atom is -0.309 e. The molecule has 15 aromatic carbocycles. The smallest absolute Gasteiger partial charge is 0.181 e. The van der Waals surface area contributed by atoms with E-state index in [9.17, 15) is 0 Å². The summed E-state index contributed by atoms with van der Waals surface area (Å²) in [5.74, 6) is 0. The lowest BCUT2D eigenvalue weighted by Crippen LogP contribution is -2.74. The Kier molecular flexibility index (Phi) is 12.7. The van der Waals surface area contributed by atoms with E-state index < -0.39 is 8.07 Å². The Morgan fingerprint density at radius 1 is 0.186 bits per heavy atom. The highest BCUT2D eigenvalue weighted by molar-refractivity contribution is 7.30. The maximum atomic E-state index is 2.56. The summed E-state index contributed by atoms with van der Waals surface area (Å²) in [5.41, 5.74) is 14.6. The molecule has 0 atom stereocenters. The molecule has 0 bridgehead atoms. The third-order valence-electron chi connectivity index (χ3n) is 20.4. The second kappa shape index (κ2) is 22.1. The number of thiophene rings is 2. The lowest BCUT2D eigenvalue weighted by molar-refractivity contribution is 1.18. The summed E-state index contributed by atoms with van der Waals surface area (Å²) in [7, 11) is -2.95. The molecule has 0 unspecified atom stereocenters. The van der Waals surface area contributed by atoms with Gasteiger partial charge in [0.05, 0.1) is 44.1 Å². The number of nitrogens with zero attached hydrogens (tertiary/aromatic N) is 4. The van der Waals surface area contributed by atoms with Gasteiger partial charge in [-0.1, -0.05) is 237 Å². The summed E-state index contributed by atoms with van der Waals surface area (Å²) in [6.45, 7) is 0. The number of fused-ring (bicyclic) bond motifs is 18. The zero-order valence-corrected chi connectivity index (χ0v) is 55.2. The van der Waals surface area contributed by atoms with E-state index in [4.69, 9.17) is 0 Å². The quantitative estimate of drug-likeness (QED) is 0.107. The molecule has 4 nitrogen and oxygen atoms in total. The van der Waals surface area contributed by atoms with E-state index in [-0.39, 0.29) is 0 Å². The highest BCUT2D eigenvalue weighted by atomic mass is 32.1.